The Morgan fingerprint density at radius 1 is 1.29 bits per heavy atom. The van der Waals surface area contributed by atoms with Gasteiger partial charge < -0.3 is 15.0 Å². The van der Waals surface area contributed by atoms with E-state index in [1.807, 2.05) is 0 Å². The predicted molar refractivity (Wildman–Crippen MR) is 77.0 cm³/mol. The predicted octanol–water partition coefficient (Wildman–Crippen LogP) is 2.04. The molecule has 1 aromatic heterocycles. The fourth-order valence-corrected chi connectivity index (χ4v) is 2.54. The third-order valence-corrected chi connectivity index (χ3v) is 4.14. The smallest absolute Gasteiger partial charge is 0.449 e. The lowest BCUT2D eigenvalue weighted by molar-refractivity contribution is -0.147. The van der Waals surface area contributed by atoms with Crippen molar-refractivity contribution in [2.75, 3.05) is 6.54 Å². The van der Waals surface area contributed by atoms with Gasteiger partial charge in [0.25, 0.3) is 0 Å². The van der Waals surface area contributed by atoms with Crippen LogP contribution in [0.1, 0.15) is 18.7 Å². The van der Waals surface area contributed by atoms with Gasteiger partial charge in [-0.1, -0.05) is 12.1 Å². The van der Waals surface area contributed by atoms with Gasteiger partial charge in [0.2, 0.25) is 11.7 Å². The first-order valence-electron chi connectivity index (χ1n) is 7.25. The Bertz CT molecular complexity index is 809. The van der Waals surface area contributed by atoms with E-state index in [-0.39, 0.29) is 17.6 Å². The van der Waals surface area contributed by atoms with Crippen LogP contribution < -0.4 is 5.32 Å². The SMILES string of the molecule is O=C(Cn1c(C(F)(F)F)nc2ccccc21)NCC1(C(=O)O)CC1. The number of carbonyl (C=O) groups is 2. The Labute approximate surface area is 134 Å². The first kappa shape index (κ1) is 16.3. The highest BCUT2D eigenvalue weighted by Gasteiger charge is 2.50. The van der Waals surface area contributed by atoms with E-state index < -0.39 is 35.8 Å². The summed E-state index contributed by atoms with van der Waals surface area (Å²) in [6.45, 7) is -0.666. The molecule has 0 bridgehead atoms. The zero-order chi connectivity index (χ0) is 17.5. The molecular weight excluding hydrogens is 327 g/mol. The molecule has 2 aromatic rings. The topological polar surface area (TPSA) is 84.2 Å². The van der Waals surface area contributed by atoms with Crippen LogP contribution in [0.4, 0.5) is 13.2 Å². The summed E-state index contributed by atoms with van der Waals surface area (Å²) in [7, 11) is 0. The van der Waals surface area contributed by atoms with Crippen LogP contribution in [0.3, 0.4) is 0 Å². The number of hydrogen-bond donors (Lipinski definition) is 2. The molecule has 1 fully saturated rings. The van der Waals surface area contributed by atoms with Crippen molar-refractivity contribution in [1.29, 1.82) is 0 Å². The average Bonchev–Trinajstić information content (AvgIpc) is 3.22. The first-order valence-corrected chi connectivity index (χ1v) is 7.25. The van der Waals surface area contributed by atoms with Gasteiger partial charge in [0.1, 0.15) is 6.54 Å². The number of aliphatic carboxylic acids is 1. The largest absolute Gasteiger partial charge is 0.481 e. The number of rotatable bonds is 5. The highest BCUT2D eigenvalue weighted by atomic mass is 19.4. The molecule has 1 amide bonds. The maximum Gasteiger partial charge on any atom is 0.449 e. The van der Waals surface area contributed by atoms with Crippen molar-refractivity contribution in [3.05, 3.63) is 30.1 Å². The van der Waals surface area contributed by atoms with Gasteiger partial charge in [-0.15, -0.1) is 0 Å². The zero-order valence-corrected chi connectivity index (χ0v) is 12.4. The lowest BCUT2D eigenvalue weighted by atomic mass is 10.1. The number of nitrogens with zero attached hydrogens (tertiary/aromatic N) is 2. The number of carbonyl (C=O) groups excluding carboxylic acids is 1. The zero-order valence-electron chi connectivity index (χ0n) is 12.4. The lowest BCUT2D eigenvalue weighted by Gasteiger charge is -2.14. The van der Waals surface area contributed by atoms with Gasteiger partial charge in [0, 0.05) is 6.54 Å². The Balaban J connectivity index is 1.81. The van der Waals surface area contributed by atoms with Crippen molar-refractivity contribution in [2.24, 2.45) is 5.41 Å². The maximum atomic E-state index is 13.1. The van der Waals surface area contributed by atoms with Gasteiger partial charge in [-0.3, -0.25) is 9.59 Å². The fraction of sp³-hybridized carbons (Fsp3) is 0.400. The summed E-state index contributed by atoms with van der Waals surface area (Å²) in [6, 6.07) is 6.00. The van der Waals surface area contributed by atoms with Crippen molar-refractivity contribution in [3.8, 4) is 0 Å². The number of amides is 1. The summed E-state index contributed by atoms with van der Waals surface area (Å²) in [4.78, 5) is 26.6. The van der Waals surface area contributed by atoms with Gasteiger partial charge in [-0.25, -0.2) is 4.98 Å². The summed E-state index contributed by atoms with van der Waals surface area (Å²) in [6.07, 6.45) is -3.80. The third kappa shape index (κ3) is 2.93. The number of carboxylic acid groups (broad SMARTS) is 1. The second-order valence-corrected chi connectivity index (χ2v) is 5.87. The van der Waals surface area contributed by atoms with Crippen LogP contribution in [0, 0.1) is 5.41 Å². The number of fused-ring (bicyclic) bond motifs is 1. The number of hydrogen-bond acceptors (Lipinski definition) is 3. The van der Waals surface area contributed by atoms with Crippen LogP contribution in [0.2, 0.25) is 0 Å². The molecule has 1 aliphatic rings. The first-order chi connectivity index (χ1) is 11.2. The van der Waals surface area contributed by atoms with Crippen molar-refractivity contribution < 1.29 is 27.9 Å². The highest BCUT2D eigenvalue weighted by Crippen LogP contribution is 2.45. The molecular formula is C15H14F3N3O3. The average molecular weight is 341 g/mol. The molecule has 0 aliphatic heterocycles. The van der Waals surface area contributed by atoms with E-state index in [0.717, 1.165) is 4.57 Å². The summed E-state index contributed by atoms with van der Waals surface area (Å²) in [5.41, 5.74) is -0.638. The number of alkyl halides is 3. The van der Waals surface area contributed by atoms with E-state index in [2.05, 4.69) is 10.3 Å². The maximum absolute atomic E-state index is 13.1. The standard InChI is InChI=1S/C15H14F3N3O3/c16-15(17,18)12-20-9-3-1-2-4-10(9)21(12)7-11(22)19-8-14(5-6-14)13(23)24/h1-4H,5-8H2,(H,19,22)(H,23,24). The van der Waals surface area contributed by atoms with E-state index in [1.165, 1.54) is 12.1 Å². The molecule has 0 radical (unpaired) electrons. The number of nitrogens with one attached hydrogen (secondary N) is 1. The molecule has 9 heteroatoms. The molecule has 2 N–H and O–H groups in total. The van der Waals surface area contributed by atoms with Crippen molar-refractivity contribution in [3.63, 3.8) is 0 Å². The van der Waals surface area contributed by atoms with E-state index in [1.54, 1.807) is 12.1 Å². The molecule has 0 spiro atoms. The molecule has 0 saturated heterocycles. The van der Waals surface area contributed by atoms with Gasteiger partial charge in [-0.05, 0) is 25.0 Å². The van der Waals surface area contributed by atoms with E-state index >= 15 is 0 Å². The number of imidazole rings is 1. The molecule has 0 unspecified atom stereocenters. The quantitative estimate of drug-likeness (QED) is 0.872. The van der Waals surface area contributed by atoms with Gasteiger partial charge in [0.15, 0.2) is 0 Å². The summed E-state index contributed by atoms with van der Waals surface area (Å²) < 4.78 is 40.2. The fourth-order valence-electron chi connectivity index (χ4n) is 2.54. The summed E-state index contributed by atoms with van der Waals surface area (Å²) >= 11 is 0. The highest BCUT2D eigenvalue weighted by molar-refractivity contribution is 5.83. The number of benzene rings is 1. The van der Waals surface area contributed by atoms with Crippen LogP contribution in [-0.4, -0.2) is 33.1 Å². The van der Waals surface area contributed by atoms with Gasteiger partial charge >= 0.3 is 12.1 Å². The second kappa shape index (κ2) is 5.50. The summed E-state index contributed by atoms with van der Waals surface area (Å²) in [5.74, 6) is -2.85. The Morgan fingerprint density at radius 3 is 2.54 bits per heavy atom. The molecule has 3 rings (SSSR count). The minimum absolute atomic E-state index is 0.0881. The molecule has 1 aromatic carbocycles. The monoisotopic (exact) mass is 341 g/mol. The van der Waals surface area contributed by atoms with Gasteiger partial charge in [0.05, 0.1) is 16.4 Å². The molecule has 1 aliphatic carbocycles. The van der Waals surface area contributed by atoms with Crippen LogP contribution in [0.15, 0.2) is 24.3 Å². The van der Waals surface area contributed by atoms with Crippen LogP contribution in [0.25, 0.3) is 11.0 Å². The van der Waals surface area contributed by atoms with E-state index in [9.17, 15) is 22.8 Å². The van der Waals surface area contributed by atoms with Gasteiger partial charge in [-0.2, -0.15) is 13.2 Å². The lowest BCUT2D eigenvalue weighted by Crippen LogP contribution is -2.36. The summed E-state index contributed by atoms with van der Waals surface area (Å²) in [5, 5.41) is 11.5. The van der Waals surface area contributed by atoms with Crippen LogP contribution in [-0.2, 0) is 22.3 Å². The molecule has 1 heterocycles. The molecule has 0 atom stereocenters. The van der Waals surface area contributed by atoms with Crippen molar-refractivity contribution in [2.45, 2.75) is 25.6 Å². The Kier molecular flexibility index (Phi) is 3.73. The minimum atomic E-state index is -4.70. The number of aromatic nitrogens is 2. The second-order valence-electron chi connectivity index (χ2n) is 5.87. The third-order valence-electron chi connectivity index (χ3n) is 4.14. The van der Waals surface area contributed by atoms with Crippen molar-refractivity contribution >= 4 is 22.9 Å². The molecule has 24 heavy (non-hydrogen) atoms. The van der Waals surface area contributed by atoms with E-state index in [0.29, 0.717) is 12.8 Å². The number of para-hydroxylation sites is 2. The normalized spacial score (nSPS) is 16.1. The van der Waals surface area contributed by atoms with Crippen molar-refractivity contribution in [1.82, 2.24) is 14.9 Å². The van der Waals surface area contributed by atoms with E-state index in [4.69, 9.17) is 5.11 Å². The molecule has 1 saturated carbocycles. The number of halogens is 3. The minimum Gasteiger partial charge on any atom is -0.481 e. The molecule has 128 valence electrons. The Morgan fingerprint density at radius 2 is 1.96 bits per heavy atom. The van der Waals surface area contributed by atoms with Crippen LogP contribution in [0.5, 0.6) is 0 Å². The van der Waals surface area contributed by atoms with Crippen LogP contribution >= 0.6 is 0 Å². The molecule has 6 nitrogen and oxygen atoms in total. The number of carboxylic acids is 1. The Hall–Kier alpha value is -2.58.